The Kier molecular flexibility index (Phi) is 6.77. The fourth-order valence-electron chi connectivity index (χ4n) is 4.44. The van der Waals surface area contributed by atoms with Crippen molar-refractivity contribution in [2.75, 3.05) is 25.5 Å². The summed E-state index contributed by atoms with van der Waals surface area (Å²) in [5, 5.41) is 9.31. The van der Waals surface area contributed by atoms with Crippen LogP contribution in [0.3, 0.4) is 0 Å². The second-order valence-corrected chi connectivity index (χ2v) is 8.70. The fourth-order valence-corrected chi connectivity index (χ4v) is 4.44. The molecule has 2 aromatic carbocycles. The van der Waals surface area contributed by atoms with Crippen LogP contribution in [0.4, 0.5) is 16.0 Å². The summed E-state index contributed by atoms with van der Waals surface area (Å²) in [5.74, 6) is -0.559. The molecule has 3 N–H and O–H groups in total. The van der Waals surface area contributed by atoms with Gasteiger partial charge in [0, 0.05) is 18.0 Å². The number of nitrogens with zero attached hydrogens (tertiary/aromatic N) is 2. The highest BCUT2D eigenvalue weighted by atomic mass is 19.1. The number of methoxy groups -OCH3 is 1. The van der Waals surface area contributed by atoms with E-state index in [0.717, 1.165) is 37.7 Å². The van der Waals surface area contributed by atoms with Crippen LogP contribution in [-0.2, 0) is 6.42 Å². The van der Waals surface area contributed by atoms with Crippen molar-refractivity contribution in [1.82, 2.24) is 20.6 Å². The van der Waals surface area contributed by atoms with Crippen molar-refractivity contribution in [2.24, 2.45) is 0 Å². The number of nitrogens with one attached hydrogen (secondary N) is 3. The minimum Gasteiger partial charge on any atom is -0.495 e. The minimum absolute atomic E-state index is 0.0394. The molecule has 1 saturated heterocycles. The monoisotopic (exact) mass is 491 g/mol. The predicted molar refractivity (Wildman–Crippen MR) is 131 cm³/mol. The van der Waals surface area contributed by atoms with Crippen molar-refractivity contribution in [1.29, 1.82) is 0 Å². The average Bonchev–Trinajstić information content (AvgIpc) is 3.28. The zero-order valence-corrected chi connectivity index (χ0v) is 19.8. The van der Waals surface area contributed by atoms with Crippen molar-refractivity contribution in [3.8, 4) is 17.4 Å². The largest absolute Gasteiger partial charge is 0.495 e. The quantitative estimate of drug-likeness (QED) is 0.458. The van der Waals surface area contributed by atoms with Crippen molar-refractivity contribution in [3.63, 3.8) is 0 Å². The number of halogens is 1. The zero-order chi connectivity index (χ0) is 25.1. The predicted octanol–water partition coefficient (Wildman–Crippen LogP) is 3.77. The van der Waals surface area contributed by atoms with Crippen molar-refractivity contribution in [2.45, 2.75) is 31.7 Å². The molecular formula is C26H26FN5O4. The Bertz CT molecular complexity index is 1310. The van der Waals surface area contributed by atoms with E-state index in [1.165, 1.54) is 7.11 Å². The SMILES string of the molecule is COc1cc(C(=O)NC2CCNCC2)ccc1Nc1ncc(F)c(Oc2cccc3c2C(=O)CC3)n1. The van der Waals surface area contributed by atoms with Gasteiger partial charge in [-0.25, -0.2) is 4.98 Å². The molecule has 1 aliphatic carbocycles. The highest BCUT2D eigenvalue weighted by Crippen LogP contribution is 2.34. The van der Waals surface area contributed by atoms with Crippen molar-refractivity contribution in [3.05, 3.63) is 65.1 Å². The Balaban J connectivity index is 1.34. The molecule has 0 radical (unpaired) electrons. The number of anilines is 2. The number of Topliss-reactive ketones (excluding diaryl/α,β-unsaturated/α-hetero) is 1. The van der Waals surface area contributed by atoms with Gasteiger partial charge in [-0.05, 0) is 62.2 Å². The summed E-state index contributed by atoms with van der Waals surface area (Å²) in [6.45, 7) is 1.76. The van der Waals surface area contributed by atoms with Crippen LogP contribution in [0.5, 0.6) is 17.4 Å². The van der Waals surface area contributed by atoms with Gasteiger partial charge in [0.25, 0.3) is 11.8 Å². The molecule has 1 aromatic heterocycles. The lowest BCUT2D eigenvalue weighted by molar-refractivity contribution is 0.0928. The molecule has 1 fully saturated rings. The second kappa shape index (κ2) is 10.3. The Labute approximate surface area is 207 Å². The van der Waals surface area contributed by atoms with Crippen LogP contribution in [0.2, 0.25) is 0 Å². The van der Waals surface area contributed by atoms with Gasteiger partial charge in [0.05, 0.1) is 24.6 Å². The molecule has 0 saturated carbocycles. The number of carbonyl (C=O) groups excluding carboxylic acids is 2. The van der Waals surface area contributed by atoms with Gasteiger partial charge in [0.2, 0.25) is 11.8 Å². The molecule has 0 spiro atoms. The third-order valence-electron chi connectivity index (χ3n) is 6.32. The highest BCUT2D eigenvalue weighted by Gasteiger charge is 2.25. The van der Waals surface area contributed by atoms with E-state index in [1.807, 2.05) is 6.07 Å². The maximum Gasteiger partial charge on any atom is 0.260 e. The van der Waals surface area contributed by atoms with Gasteiger partial charge in [-0.3, -0.25) is 9.59 Å². The van der Waals surface area contributed by atoms with Crippen LogP contribution < -0.4 is 25.4 Å². The molecule has 1 aliphatic heterocycles. The van der Waals surface area contributed by atoms with Crippen LogP contribution >= 0.6 is 0 Å². The van der Waals surface area contributed by atoms with E-state index in [2.05, 4.69) is 25.9 Å². The molecule has 186 valence electrons. The number of amides is 1. The summed E-state index contributed by atoms with van der Waals surface area (Å²) >= 11 is 0. The van der Waals surface area contributed by atoms with E-state index in [1.54, 1.807) is 30.3 Å². The Morgan fingerprint density at radius 3 is 2.78 bits per heavy atom. The van der Waals surface area contributed by atoms with E-state index in [0.29, 0.717) is 35.4 Å². The molecule has 2 heterocycles. The smallest absolute Gasteiger partial charge is 0.260 e. The van der Waals surface area contributed by atoms with Crippen LogP contribution in [0.1, 0.15) is 45.5 Å². The molecule has 36 heavy (non-hydrogen) atoms. The molecule has 2 aliphatic rings. The minimum atomic E-state index is -0.763. The zero-order valence-electron chi connectivity index (χ0n) is 19.8. The van der Waals surface area contributed by atoms with Gasteiger partial charge < -0.3 is 25.4 Å². The summed E-state index contributed by atoms with van der Waals surface area (Å²) in [7, 11) is 1.49. The molecule has 0 atom stereocenters. The van der Waals surface area contributed by atoms with Gasteiger partial charge in [0.1, 0.15) is 11.5 Å². The standard InChI is InChI=1S/C26H26FN5O4/c1-35-22-13-16(24(34)30-17-9-11-28-12-10-17)5-7-19(22)31-26-29-14-18(27)25(32-26)36-21-4-2-3-15-6-8-20(33)23(15)21/h2-5,7,13-14,17,28H,6,8-12H2,1H3,(H,30,34)(H,29,31,32). The number of hydrogen-bond acceptors (Lipinski definition) is 8. The maximum absolute atomic E-state index is 14.5. The van der Waals surface area contributed by atoms with E-state index in [-0.39, 0.29) is 35.3 Å². The number of rotatable bonds is 7. The highest BCUT2D eigenvalue weighted by molar-refractivity contribution is 6.03. The first kappa shape index (κ1) is 23.7. The fraction of sp³-hybridized carbons (Fsp3) is 0.308. The number of piperidine rings is 1. The van der Waals surface area contributed by atoms with Gasteiger partial charge in [-0.2, -0.15) is 9.37 Å². The first-order chi connectivity index (χ1) is 17.5. The topological polar surface area (TPSA) is 114 Å². The van der Waals surface area contributed by atoms with Crippen LogP contribution in [-0.4, -0.2) is 47.9 Å². The first-order valence-electron chi connectivity index (χ1n) is 11.8. The van der Waals surface area contributed by atoms with Crippen LogP contribution in [0.25, 0.3) is 0 Å². The number of aromatic nitrogens is 2. The average molecular weight is 492 g/mol. The van der Waals surface area contributed by atoms with E-state index in [4.69, 9.17) is 9.47 Å². The number of benzene rings is 2. The van der Waals surface area contributed by atoms with Gasteiger partial charge in [0.15, 0.2) is 5.78 Å². The molecular weight excluding hydrogens is 465 g/mol. The Morgan fingerprint density at radius 2 is 1.97 bits per heavy atom. The maximum atomic E-state index is 14.5. The summed E-state index contributed by atoms with van der Waals surface area (Å²) in [6, 6.07) is 10.3. The number of carbonyl (C=O) groups is 2. The van der Waals surface area contributed by atoms with Gasteiger partial charge in [-0.1, -0.05) is 12.1 Å². The summed E-state index contributed by atoms with van der Waals surface area (Å²) in [6.07, 6.45) is 3.79. The van der Waals surface area contributed by atoms with Gasteiger partial charge >= 0.3 is 0 Å². The first-order valence-corrected chi connectivity index (χ1v) is 11.8. The normalized spacial score (nSPS) is 15.3. The lowest BCUT2D eigenvalue weighted by atomic mass is 10.1. The molecule has 0 unspecified atom stereocenters. The number of hydrogen-bond donors (Lipinski definition) is 3. The Morgan fingerprint density at radius 1 is 1.14 bits per heavy atom. The van der Waals surface area contributed by atoms with E-state index in [9.17, 15) is 14.0 Å². The van der Waals surface area contributed by atoms with Crippen molar-refractivity contribution < 1.29 is 23.5 Å². The van der Waals surface area contributed by atoms with Crippen molar-refractivity contribution >= 4 is 23.3 Å². The summed E-state index contributed by atoms with van der Waals surface area (Å²) < 4.78 is 25.7. The lowest BCUT2D eigenvalue weighted by Crippen LogP contribution is -2.42. The summed E-state index contributed by atoms with van der Waals surface area (Å²) in [5.41, 5.74) is 2.29. The van der Waals surface area contributed by atoms with E-state index >= 15 is 0 Å². The lowest BCUT2D eigenvalue weighted by Gasteiger charge is -2.23. The third-order valence-corrected chi connectivity index (χ3v) is 6.32. The van der Waals surface area contributed by atoms with Crippen LogP contribution in [0, 0.1) is 5.82 Å². The number of ketones is 1. The molecule has 9 nitrogen and oxygen atoms in total. The Hall–Kier alpha value is -4.05. The van der Waals surface area contributed by atoms with Crippen LogP contribution in [0.15, 0.2) is 42.6 Å². The summed E-state index contributed by atoms with van der Waals surface area (Å²) in [4.78, 5) is 33.1. The molecule has 3 aromatic rings. The second-order valence-electron chi connectivity index (χ2n) is 8.70. The third kappa shape index (κ3) is 4.99. The molecule has 1 amide bonds. The number of aryl methyl sites for hydroxylation is 1. The number of fused-ring (bicyclic) bond motifs is 1. The van der Waals surface area contributed by atoms with Gasteiger partial charge in [-0.15, -0.1) is 0 Å². The number of ether oxygens (including phenoxy) is 2. The molecule has 5 rings (SSSR count). The molecule has 0 bridgehead atoms. The van der Waals surface area contributed by atoms with E-state index < -0.39 is 5.82 Å². The molecule has 10 heteroatoms.